The summed E-state index contributed by atoms with van der Waals surface area (Å²) in [5.74, 6) is 0.0295. The Labute approximate surface area is 94.2 Å². The summed E-state index contributed by atoms with van der Waals surface area (Å²) in [7, 11) is 0. The van der Waals surface area contributed by atoms with Gasteiger partial charge in [0.2, 0.25) is 5.89 Å². The van der Waals surface area contributed by atoms with Crippen LogP contribution in [0.1, 0.15) is 5.69 Å². The van der Waals surface area contributed by atoms with E-state index in [9.17, 15) is 4.39 Å². The number of oxazole rings is 1. The lowest BCUT2D eigenvalue weighted by Gasteiger charge is -1.97. The first-order valence-corrected chi connectivity index (χ1v) is 5.10. The number of aromatic nitrogens is 1. The van der Waals surface area contributed by atoms with E-state index in [2.05, 4.69) is 20.9 Å². The van der Waals surface area contributed by atoms with Crippen molar-refractivity contribution in [2.75, 3.05) is 0 Å². The van der Waals surface area contributed by atoms with Crippen molar-refractivity contribution in [1.82, 2.24) is 4.98 Å². The van der Waals surface area contributed by atoms with Gasteiger partial charge >= 0.3 is 0 Å². The van der Waals surface area contributed by atoms with Crippen molar-refractivity contribution in [1.29, 1.82) is 0 Å². The SMILES string of the molecule is NCc1coc(-c2ccc(Br)c(F)c2)n1. The molecular weight excluding hydrogens is 263 g/mol. The normalized spacial score (nSPS) is 10.6. The highest BCUT2D eigenvalue weighted by atomic mass is 79.9. The van der Waals surface area contributed by atoms with E-state index in [1.807, 2.05) is 0 Å². The van der Waals surface area contributed by atoms with Crippen LogP contribution < -0.4 is 5.73 Å². The fourth-order valence-electron chi connectivity index (χ4n) is 1.16. The van der Waals surface area contributed by atoms with Crippen LogP contribution >= 0.6 is 15.9 Å². The van der Waals surface area contributed by atoms with Gasteiger partial charge in [0.05, 0.1) is 10.2 Å². The maximum atomic E-state index is 13.2. The third-order valence-electron chi connectivity index (χ3n) is 1.93. The van der Waals surface area contributed by atoms with Gasteiger partial charge in [0, 0.05) is 12.1 Å². The number of hydrogen-bond acceptors (Lipinski definition) is 3. The number of benzene rings is 1. The van der Waals surface area contributed by atoms with Crippen molar-refractivity contribution in [3.8, 4) is 11.5 Å². The van der Waals surface area contributed by atoms with Gasteiger partial charge in [-0.3, -0.25) is 0 Å². The summed E-state index contributed by atoms with van der Waals surface area (Å²) in [6.45, 7) is 0.308. The van der Waals surface area contributed by atoms with Gasteiger partial charge in [-0.2, -0.15) is 0 Å². The van der Waals surface area contributed by atoms with Crippen molar-refractivity contribution in [2.45, 2.75) is 6.54 Å². The first-order chi connectivity index (χ1) is 7.20. The highest BCUT2D eigenvalue weighted by molar-refractivity contribution is 9.10. The molecule has 0 radical (unpaired) electrons. The van der Waals surface area contributed by atoms with E-state index in [0.717, 1.165) is 0 Å². The van der Waals surface area contributed by atoms with Crippen molar-refractivity contribution < 1.29 is 8.81 Å². The molecule has 0 fully saturated rings. The Kier molecular flexibility index (Phi) is 2.83. The van der Waals surface area contributed by atoms with Gasteiger partial charge < -0.3 is 10.2 Å². The maximum Gasteiger partial charge on any atom is 0.226 e. The molecule has 0 aliphatic carbocycles. The second-order valence-corrected chi connectivity index (χ2v) is 3.83. The molecule has 0 aliphatic rings. The van der Waals surface area contributed by atoms with E-state index in [1.165, 1.54) is 12.3 Å². The number of hydrogen-bond donors (Lipinski definition) is 1. The molecule has 0 bridgehead atoms. The first kappa shape index (κ1) is 10.3. The zero-order valence-electron chi connectivity index (χ0n) is 7.71. The van der Waals surface area contributed by atoms with Gasteiger partial charge in [0.15, 0.2) is 0 Å². The van der Waals surface area contributed by atoms with Crippen molar-refractivity contribution in [3.63, 3.8) is 0 Å². The molecule has 1 aromatic carbocycles. The zero-order chi connectivity index (χ0) is 10.8. The molecule has 78 valence electrons. The molecule has 2 aromatic rings. The molecule has 15 heavy (non-hydrogen) atoms. The fourth-order valence-corrected chi connectivity index (χ4v) is 1.41. The Balaban J connectivity index is 2.40. The summed E-state index contributed by atoms with van der Waals surface area (Å²) >= 11 is 3.07. The van der Waals surface area contributed by atoms with E-state index in [-0.39, 0.29) is 5.82 Å². The molecule has 3 nitrogen and oxygen atoms in total. The van der Waals surface area contributed by atoms with E-state index in [4.69, 9.17) is 10.2 Å². The van der Waals surface area contributed by atoms with Crippen LogP contribution in [0.15, 0.2) is 33.4 Å². The summed E-state index contributed by atoms with van der Waals surface area (Å²) in [6.07, 6.45) is 1.47. The van der Waals surface area contributed by atoms with Crippen LogP contribution in [0.4, 0.5) is 4.39 Å². The van der Waals surface area contributed by atoms with Gasteiger partial charge in [0.25, 0.3) is 0 Å². The molecule has 1 heterocycles. The van der Waals surface area contributed by atoms with Gasteiger partial charge in [0.1, 0.15) is 12.1 Å². The van der Waals surface area contributed by atoms with Gasteiger partial charge in [-0.1, -0.05) is 0 Å². The van der Waals surface area contributed by atoms with Gasteiger partial charge in [-0.25, -0.2) is 9.37 Å². The summed E-state index contributed by atoms with van der Waals surface area (Å²) < 4.78 is 18.8. The minimum atomic E-state index is -0.347. The average Bonchev–Trinajstić information content (AvgIpc) is 2.70. The van der Waals surface area contributed by atoms with E-state index in [0.29, 0.717) is 28.2 Å². The first-order valence-electron chi connectivity index (χ1n) is 4.30. The molecule has 5 heteroatoms. The monoisotopic (exact) mass is 270 g/mol. The van der Waals surface area contributed by atoms with Crippen LogP contribution in [0, 0.1) is 5.82 Å². The van der Waals surface area contributed by atoms with E-state index >= 15 is 0 Å². The minimum Gasteiger partial charge on any atom is -0.444 e. The lowest BCUT2D eigenvalue weighted by molar-refractivity contribution is 0.570. The van der Waals surface area contributed by atoms with Crippen LogP contribution in [-0.4, -0.2) is 4.98 Å². The second-order valence-electron chi connectivity index (χ2n) is 2.98. The second kappa shape index (κ2) is 4.12. The fraction of sp³-hybridized carbons (Fsp3) is 0.100. The summed E-state index contributed by atoms with van der Waals surface area (Å²) in [5.41, 5.74) is 6.63. The highest BCUT2D eigenvalue weighted by Gasteiger charge is 2.08. The smallest absolute Gasteiger partial charge is 0.226 e. The molecule has 0 saturated carbocycles. The molecule has 0 aliphatic heterocycles. The predicted molar refractivity (Wildman–Crippen MR) is 57.5 cm³/mol. The van der Waals surface area contributed by atoms with Crippen molar-refractivity contribution >= 4 is 15.9 Å². The molecule has 2 N–H and O–H groups in total. The quantitative estimate of drug-likeness (QED) is 0.913. The third kappa shape index (κ3) is 2.08. The largest absolute Gasteiger partial charge is 0.444 e. The Hall–Kier alpha value is -1.20. The lowest BCUT2D eigenvalue weighted by atomic mass is 10.2. The Morgan fingerprint density at radius 3 is 2.87 bits per heavy atom. The lowest BCUT2D eigenvalue weighted by Crippen LogP contribution is -1.95. The third-order valence-corrected chi connectivity index (χ3v) is 2.57. The number of nitrogens with two attached hydrogens (primary N) is 1. The topological polar surface area (TPSA) is 52.0 Å². The van der Waals surface area contributed by atoms with Crippen LogP contribution in [0.3, 0.4) is 0 Å². The molecule has 1 aromatic heterocycles. The van der Waals surface area contributed by atoms with Crippen LogP contribution in [0.2, 0.25) is 0 Å². The standard InChI is InChI=1S/C10H8BrFN2O/c11-8-2-1-6(3-9(8)12)10-14-7(4-13)5-15-10/h1-3,5H,4,13H2. The van der Waals surface area contributed by atoms with E-state index < -0.39 is 0 Å². The predicted octanol–water partition coefficient (Wildman–Crippen LogP) is 2.70. The molecule has 0 unspecified atom stereocenters. The van der Waals surface area contributed by atoms with E-state index in [1.54, 1.807) is 12.1 Å². The summed E-state index contributed by atoms with van der Waals surface area (Å²) in [5, 5.41) is 0. The Morgan fingerprint density at radius 2 is 2.27 bits per heavy atom. The van der Waals surface area contributed by atoms with Crippen molar-refractivity contribution in [3.05, 3.63) is 40.4 Å². The molecule has 0 amide bonds. The molecular formula is C10H8BrFN2O. The maximum absolute atomic E-state index is 13.2. The Bertz CT molecular complexity index is 484. The van der Waals surface area contributed by atoms with Crippen LogP contribution in [0.5, 0.6) is 0 Å². The molecule has 0 atom stereocenters. The van der Waals surface area contributed by atoms with Gasteiger partial charge in [-0.15, -0.1) is 0 Å². The molecule has 0 spiro atoms. The number of nitrogens with zero attached hydrogens (tertiary/aromatic N) is 1. The number of rotatable bonds is 2. The van der Waals surface area contributed by atoms with Crippen molar-refractivity contribution in [2.24, 2.45) is 5.73 Å². The summed E-state index contributed by atoms with van der Waals surface area (Å²) in [6, 6.07) is 4.69. The molecule has 2 rings (SSSR count). The highest BCUT2D eigenvalue weighted by Crippen LogP contribution is 2.23. The molecule has 0 saturated heterocycles. The van der Waals surface area contributed by atoms with Crippen LogP contribution in [-0.2, 0) is 6.54 Å². The summed E-state index contributed by atoms with van der Waals surface area (Å²) in [4.78, 5) is 4.10. The zero-order valence-corrected chi connectivity index (χ0v) is 9.29. The number of halogens is 2. The average molecular weight is 271 g/mol. The minimum absolute atomic E-state index is 0.308. The Morgan fingerprint density at radius 1 is 1.47 bits per heavy atom. The van der Waals surface area contributed by atoms with Gasteiger partial charge in [-0.05, 0) is 34.1 Å². The van der Waals surface area contributed by atoms with Crippen LogP contribution in [0.25, 0.3) is 11.5 Å².